The van der Waals surface area contributed by atoms with Gasteiger partial charge in [0.2, 0.25) is 5.69 Å². The lowest BCUT2D eigenvalue weighted by atomic mass is 10.2. The second-order valence-electron chi connectivity index (χ2n) is 7.07. The van der Waals surface area contributed by atoms with Crippen LogP contribution in [-0.2, 0) is 12.7 Å². The number of anilines is 1. The molecule has 1 aromatic heterocycles. The van der Waals surface area contributed by atoms with Crippen molar-refractivity contribution in [3.63, 3.8) is 0 Å². The van der Waals surface area contributed by atoms with Gasteiger partial charge >= 0.3 is 6.18 Å². The molecule has 0 amide bonds. The lowest BCUT2D eigenvalue weighted by Crippen LogP contribution is -2.46. The average molecular weight is 412 g/mol. The fourth-order valence-corrected chi connectivity index (χ4v) is 3.47. The number of hydrogen-bond acceptors (Lipinski definition) is 5. The van der Waals surface area contributed by atoms with Crippen LogP contribution in [0.3, 0.4) is 0 Å². The van der Waals surface area contributed by atoms with E-state index in [4.69, 9.17) is 0 Å². The van der Waals surface area contributed by atoms with Crippen molar-refractivity contribution in [2.75, 3.05) is 31.1 Å². The number of alkyl halides is 3. The Kier molecular flexibility index (Phi) is 5.42. The number of hydrogen-bond donors (Lipinski definition) is 0. The molecule has 0 N–H and O–H groups in total. The summed E-state index contributed by atoms with van der Waals surface area (Å²) < 4.78 is 39.0. The number of piperazine rings is 1. The molecule has 0 atom stereocenters. The smallest absolute Gasteiger partial charge is 0.350 e. The normalized spacial score (nSPS) is 15.2. The van der Waals surface area contributed by atoms with Gasteiger partial charge in [-0.05, 0) is 23.8 Å². The molecule has 1 aliphatic rings. The summed E-state index contributed by atoms with van der Waals surface area (Å²) in [5.41, 5.74) is 0.713. The van der Waals surface area contributed by atoms with Gasteiger partial charge in [-0.3, -0.25) is 4.90 Å². The molecule has 1 aliphatic heterocycles. The molecular weight excluding hydrogens is 393 g/mol. The first kappa shape index (κ1) is 19.9. The minimum atomic E-state index is -4.46. The molecule has 1 fully saturated rings. The number of nitriles is 1. The molecule has 6 nitrogen and oxygen atoms in total. The van der Waals surface area contributed by atoms with Crippen LogP contribution in [0.15, 0.2) is 54.6 Å². The first-order valence-corrected chi connectivity index (χ1v) is 9.50. The Labute approximate surface area is 171 Å². The largest absolute Gasteiger partial charge is 0.416 e. The minimum Gasteiger partial charge on any atom is -0.350 e. The molecule has 0 spiro atoms. The van der Waals surface area contributed by atoms with Crippen molar-refractivity contribution in [1.29, 1.82) is 5.26 Å². The maximum Gasteiger partial charge on any atom is 0.416 e. The van der Waals surface area contributed by atoms with Crippen LogP contribution in [0.1, 0.15) is 16.8 Å². The van der Waals surface area contributed by atoms with E-state index < -0.39 is 11.7 Å². The van der Waals surface area contributed by atoms with Gasteiger partial charge in [0, 0.05) is 32.7 Å². The molecule has 30 heavy (non-hydrogen) atoms. The van der Waals surface area contributed by atoms with Crippen molar-refractivity contribution in [3.8, 4) is 11.8 Å². The number of halogens is 3. The average Bonchev–Trinajstić information content (AvgIpc) is 3.19. The molecule has 9 heteroatoms. The molecule has 0 radical (unpaired) electrons. The zero-order valence-corrected chi connectivity index (χ0v) is 16.0. The molecular formula is C21H19F3N6. The van der Waals surface area contributed by atoms with Crippen LogP contribution in [0.2, 0.25) is 0 Å². The highest BCUT2D eigenvalue weighted by molar-refractivity contribution is 5.51. The molecule has 3 aromatic rings. The summed E-state index contributed by atoms with van der Waals surface area (Å²) >= 11 is 0. The van der Waals surface area contributed by atoms with Gasteiger partial charge in [-0.15, -0.1) is 15.0 Å². The van der Waals surface area contributed by atoms with E-state index in [1.807, 2.05) is 29.2 Å². The van der Waals surface area contributed by atoms with Crippen molar-refractivity contribution in [3.05, 3.63) is 71.4 Å². The maximum atomic E-state index is 13.0. The van der Waals surface area contributed by atoms with E-state index in [1.165, 1.54) is 17.7 Å². The molecule has 2 heterocycles. The minimum absolute atomic E-state index is 0.101. The molecule has 0 aliphatic carbocycles. The van der Waals surface area contributed by atoms with Crippen LogP contribution in [0.25, 0.3) is 5.69 Å². The lowest BCUT2D eigenvalue weighted by Gasteiger charge is -2.34. The fourth-order valence-electron chi connectivity index (χ4n) is 3.47. The predicted molar refractivity (Wildman–Crippen MR) is 105 cm³/mol. The second-order valence-corrected chi connectivity index (χ2v) is 7.07. The van der Waals surface area contributed by atoms with Crippen LogP contribution in [-0.4, -0.2) is 46.1 Å². The summed E-state index contributed by atoms with van der Waals surface area (Å²) in [7, 11) is 0. The third-order valence-electron chi connectivity index (χ3n) is 5.03. The Bertz CT molecular complexity index is 1050. The Morgan fingerprint density at radius 1 is 0.933 bits per heavy atom. The number of nitrogens with zero attached hydrogens (tertiary/aromatic N) is 6. The van der Waals surface area contributed by atoms with Crippen molar-refractivity contribution in [2.45, 2.75) is 12.7 Å². The van der Waals surface area contributed by atoms with Crippen molar-refractivity contribution >= 4 is 5.82 Å². The van der Waals surface area contributed by atoms with E-state index in [-0.39, 0.29) is 11.4 Å². The Morgan fingerprint density at radius 3 is 2.33 bits per heavy atom. The van der Waals surface area contributed by atoms with Gasteiger partial charge in [-0.25, -0.2) is 0 Å². The highest BCUT2D eigenvalue weighted by atomic mass is 19.4. The van der Waals surface area contributed by atoms with E-state index in [2.05, 4.69) is 27.2 Å². The Hall–Kier alpha value is -3.38. The van der Waals surface area contributed by atoms with Crippen molar-refractivity contribution < 1.29 is 13.2 Å². The molecule has 4 rings (SSSR count). The van der Waals surface area contributed by atoms with Crippen molar-refractivity contribution in [2.24, 2.45) is 0 Å². The second kappa shape index (κ2) is 8.16. The Balaban J connectivity index is 1.50. The summed E-state index contributed by atoms with van der Waals surface area (Å²) in [5, 5.41) is 17.9. The molecule has 0 bridgehead atoms. The van der Waals surface area contributed by atoms with E-state index in [0.29, 0.717) is 18.9 Å². The lowest BCUT2D eigenvalue weighted by molar-refractivity contribution is -0.137. The zero-order chi connectivity index (χ0) is 21.1. The van der Waals surface area contributed by atoms with Crippen LogP contribution in [0.4, 0.5) is 19.0 Å². The van der Waals surface area contributed by atoms with Gasteiger partial charge in [-0.1, -0.05) is 36.4 Å². The zero-order valence-electron chi connectivity index (χ0n) is 16.0. The SMILES string of the molecule is N#Cc1nn(-c2cccc(C(F)(F)F)c2)nc1N1CCN(Cc2ccccc2)CC1. The third kappa shape index (κ3) is 4.28. The topological polar surface area (TPSA) is 61.0 Å². The first-order valence-electron chi connectivity index (χ1n) is 9.50. The quantitative estimate of drug-likeness (QED) is 0.657. The molecule has 154 valence electrons. The monoisotopic (exact) mass is 412 g/mol. The molecule has 1 saturated heterocycles. The highest BCUT2D eigenvalue weighted by Gasteiger charge is 2.31. The summed E-state index contributed by atoms with van der Waals surface area (Å²) in [4.78, 5) is 5.37. The van der Waals surface area contributed by atoms with Gasteiger partial charge in [0.05, 0.1) is 11.3 Å². The van der Waals surface area contributed by atoms with E-state index in [0.717, 1.165) is 36.6 Å². The van der Waals surface area contributed by atoms with Gasteiger partial charge < -0.3 is 4.90 Å². The summed E-state index contributed by atoms with van der Waals surface area (Å²) in [5.74, 6) is 0.397. The van der Waals surface area contributed by atoms with Gasteiger partial charge in [0.1, 0.15) is 6.07 Å². The van der Waals surface area contributed by atoms with E-state index in [9.17, 15) is 18.4 Å². The summed E-state index contributed by atoms with van der Waals surface area (Å²) in [6.45, 7) is 3.73. The van der Waals surface area contributed by atoms with Crippen LogP contribution in [0, 0.1) is 11.3 Å². The van der Waals surface area contributed by atoms with Crippen LogP contribution in [0.5, 0.6) is 0 Å². The van der Waals surface area contributed by atoms with Gasteiger partial charge in [0.25, 0.3) is 0 Å². The van der Waals surface area contributed by atoms with E-state index in [1.54, 1.807) is 0 Å². The predicted octanol–water partition coefficient (Wildman–Crippen LogP) is 3.48. The van der Waals surface area contributed by atoms with E-state index >= 15 is 0 Å². The fraction of sp³-hybridized carbons (Fsp3) is 0.286. The van der Waals surface area contributed by atoms with Gasteiger partial charge in [0.15, 0.2) is 5.82 Å². The van der Waals surface area contributed by atoms with Crippen LogP contribution < -0.4 is 4.90 Å². The molecule has 0 unspecified atom stereocenters. The highest BCUT2D eigenvalue weighted by Crippen LogP contribution is 2.30. The first-order chi connectivity index (χ1) is 14.4. The van der Waals surface area contributed by atoms with Gasteiger partial charge in [-0.2, -0.15) is 18.4 Å². The standard InChI is InChI=1S/C21H19F3N6/c22-21(23,24)17-7-4-8-18(13-17)30-26-19(14-25)20(27-30)29-11-9-28(10-12-29)15-16-5-2-1-3-6-16/h1-8,13H,9-12,15H2. The van der Waals surface area contributed by atoms with Crippen LogP contribution >= 0.6 is 0 Å². The van der Waals surface area contributed by atoms with Crippen molar-refractivity contribution in [1.82, 2.24) is 19.9 Å². The number of benzene rings is 2. The third-order valence-corrected chi connectivity index (χ3v) is 5.03. The Morgan fingerprint density at radius 2 is 1.67 bits per heavy atom. The molecule has 0 saturated carbocycles. The molecule has 2 aromatic carbocycles. The maximum absolute atomic E-state index is 13.0. The number of rotatable bonds is 4. The summed E-state index contributed by atoms with van der Waals surface area (Å²) in [6, 6.07) is 16.9. The number of aromatic nitrogens is 3. The summed E-state index contributed by atoms with van der Waals surface area (Å²) in [6.07, 6.45) is -4.46.